The zero-order valence-corrected chi connectivity index (χ0v) is 43.2. The van der Waals surface area contributed by atoms with Gasteiger partial charge in [0.25, 0.3) is 0 Å². The number of aliphatic hydroxyl groups excluding tert-OH is 1. The predicted octanol–water partition coefficient (Wildman–Crippen LogP) is 18.7. The molecule has 0 saturated carbocycles. The predicted molar refractivity (Wildman–Crippen MR) is 288 cm³/mol. The molecule has 0 fully saturated rings. The zero-order valence-electron chi connectivity index (χ0n) is 43.2. The van der Waals surface area contributed by atoms with Crippen LogP contribution in [0.3, 0.4) is 0 Å². The van der Waals surface area contributed by atoms with E-state index in [9.17, 15) is 14.7 Å². The molecule has 0 aliphatic heterocycles. The molecule has 0 aliphatic carbocycles. The first-order chi connectivity index (χ1) is 32.6. The number of ether oxygens (including phenoxy) is 2. The molecule has 0 radical (unpaired) electrons. The van der Waals surface area contributed by atoms with Gasteiger partial charge in [0.1, 0.15) is 6.61 Å². The summed E-state index contributed by atoms with van der Waals surface area (Å²) in [5, 5.41) is 9.61. The van der Waals surface area contributed by atoms with Gasteiger partial charge >= 0.3 is 11.9 Å². The van der Waals surface area contributed by atoms with Gasteiger partial charge in [-0.1, -0.05) is 252 Å². The first-order valence-electron chi connectivity index (χ1n) is 27.8. The van der Waals surface area contributed by atoms with Crippen molar-refractivity contribution in [2.75, 3.05) is 13.2 Å². The fourth-order valence-corrected chi connectivity index (χ4v) is 7.72. The third-order valence-electron chi connectivity index (χ3n) is 11.8. The molecule has 66 heavy (non-hydrogen) atoms. The smallest absolute Gasteiger partial charge is 0.306 e. The number of esters is 2. The molecule has 5 heteroatoms. The molecule has 0 saturated heterocycles. The summed E-state index contributed by atoms with van der Waals surface area (Å²) >= 11 is 0. The summed E-state index contributed by atoms with van der Waals surface area (Å²) in [6, 6.07) is 0. The summed E-state index contributed by atoms with van der Waals surface area (Å²) in [6.45, 7) is 3.95. The second-order valence-corrected chi connectivity index (χ2v) is 18.3. The van der Waals surface area contributed by atoms with E-state index in [0.29, 0.717) is 12.8 Å². The molecule has 0 rings (SSSR count). The lowest BCUT2D eigenvalue weighted by Crippen LogP contribution is -2.28. The van der Waals surface area contributed by atoms with Gasteiger partial charge in [0.2, 0.25) is 0 Å². The second-order valence-electron chi connectivity index (χ2n) is 18.3. The molecule has 1 N–H and O–H groups in total. The highest BCUT2D eigenvalue weighted by Gasteiger charge is 2.16. The first-order valence-corrected chi connectivity index (χ1v) is 27.8. The van der Waals surface area contributed by atoms with Crippen molar-refractivity contribution in [1.82, 2.24) is 0 Å². The average molecular weight is 917 g/mol. The number of hydrogen-bond acceptors (Lipinski definition) is 5. The molecule has 0 aliphatic rings. The van der Waals surface area contributed by atoms with E-state index in [2.05, 4.69) is 111 Å². The minimum absolute atomic E-state index is 0.0739. The first kappa shape index (κ1) is 62.8. The van der Waals surface area contributed by atoms with Crippen molar-refractivity contribution >= 4 is 11.9 Å². The molecule has 378 valence electrons. The number of hydrogen-bond donors (Lipinski definition) is 1. The van der Waals surface area contributed by atoms with E-state index in [1.165, 1.54) is 135 Å². The number of unbranched alkanes of at least 4 members (excludes halogenated alkanes) is 26. The Hall–Kier alpha value is -3.18. The maximum absolute atomic E-state index is 12.3. The molecular weight excluding hydrogens is 813 g/mol. The summed E-state index contributed by atoms with van der Waals surface area (Å²) in [4.78, 5) is 24.4. The molecule has 1 unspecified atom stereocenters. The van der Waals surface area contributed by atoms with E-state index >= 15 is 0 Å². The molecule has 0 amide bonds. The molecule has 5 nitrogen and oxygen atoms in total. The number of allylic oxidation sites excluding steroid dienone is 16. The van der Waals surface area contributed by atoms with Gasteiger partial charge in [-0.2, -0.15) is 0 Å². The molecule has 1 atom stereocenters. The van der Waals surface area contributed by atoms with Crippen LogP contribution in [0, 0.1) is 0 Å². The Bertz CT molecular complexity index is 1270. The van der Waals surface area contributed by atoms with Crippen molar-refractivity contribution in [3.05, 3.63) is 97.2 Å². The van der Waals surface area contributed by atoms with Gasteiger partial charge in [-0.15, -0.1) is 0 Å². The van der Waals surface area contributed by atoms with E-state index in [1.807, 2.05) is 0 Å². The summed E-state index contributed by atoms with van der Waals surface area (Å²) < 4.78 is 10.7. The van der Waals surface area contributed by atoms with Crippen LogP contribution in [0.5, 0.6) is 0 Å². The quantitative estimate of drug-likeness (QED) is 0.0374. The highest BCUT2D eigenvalue weighted by Crippen LogP contribution is 2.16. The Morgan fingerprint density at radius 1 is 0.364 bits per heavy atom. The molecule has 0 aromatic heterocycles. The van der Waals surface area contributed by atoms with Gasteiger partial charge in [-0.05, 0) is 89.9 Å². The lowest BCUT2D eigenvalue weighted by molar-refractivity contribution is -0.161. The number of rotatable bonds is 50. The number of carbonyl (C=O) groups excluding carboxylic acids is 2. The van der Waals surface area contributed by atoms with Crippen molar-refractivity contribution in [3.8, 4) is 0 Å². The van der Waals surface area contributed by atoms with Gasteiger partial charge in [-0.25, -0.2) is 0 Å². The van der Waals surface area contributed by atoms with E-state index < -0.39 is 6.10 Å². The maximum atomic E-state index is 12.3. The topological polar surface area (TPSA) is 72.8 Å². The molecule has 0 aromatic carbocycles. The van der Waals surface area contributed by atoms with Crippen molar-refractivity contribution in [2.45, 2.75) is 264 Å². The van der Waals surface area contributed by atoms with Crippen LogP contribution in [-0.4, -0.2) is 36.4 Å². The minimum atomic E-state index is -0.779. The van der Waals surface area contributed by atoms with E-state index in [1.54, 1.807) is 0 Å². The second kappa shape index (κ2) is 56.1. The van der Waals surface area contributed by atoms with Crippen molar-refractivity contribution < 1.29 is 24.2 Å². The van der Waals surface area contributed by atoms with Gasteiger partial charge < -0.3 is 14.6 Å². The molecule has 0 bridgehead atoms. The number of aliphatic hydroxyl groups is 1. The SMILES string of the molecule is CC/C=C\C/C=C\C/C=C\C/C=C\C/C=C\C/C=C\CCCCCCCCCCCCCCCCCCCCCCC(=O)OC(CO)COC(=O)CCCCCCC/C=C\C/C=C\CCC. The van der Waals surface area contributed by atoms with Crippen molar-refractivity contribution in [3.63, 3.8) is 0 Å². The van der Waals surface area contributed by atoms with Crippen LogP contribution in [0.2, 0.25) is 0 Å². The summed E-state index contributed by atoms with van der Waals surface area (Å²) in [7, 11) is 0. The van der Waals surface area contributed by atoms with Crippen LogP contribution in [0.15, 0.2) is 97.2 Å². The lowest BCUT2D eigenvalue weighted by atomic mass is 10.0. The van der Waals surface area contributed by atoms with Crippen LogP contribution in [0.25, 0.3) is 0 Å². The summed E-state index contributed by atoms with van der Waals surface area (Å²) in [5.41, 5.74) is 0. The highest BCUT2D eigenvalue weighted by atomic mass is 16.6. The minimum Gasteiger partial charge on any atom is -0.462 e. The maximum Gasteiger partial charge on any atom is 0.306 e. The lowest BCUT2D eigenvalue weighted by Gasteiger charge is -2.15. The standard InChI is InChI=1S/C61H104O5/c1-3-5-7-9-11-13-15-17-18-19-20-21-22-23-24-25-26-27-28-29-30-31-32-33-34-35-36-37-38-39-40-41-42-44-46-48-50-52-54-56-61(64)66-59(57-62)58-65-60(63)55-53-51-49-47-45-43-16-14-12-10-8-6-4-2/h5,7-8,10-11,13-14,16-18,20-21,23-24,26-27,59,62H,3-4,6,9,12,15,19,22,25,28-58H2,1-2H3/b7-5-,10-8-,13-11-,16-14-,18-17-,21-20-,24-23-,27-26-. The monoisotopic (exact) mass is 917 g/mol. The van der Waals surface area contributed by atoms with E-state index in [0.717, 1.165) is 96.3 Å². The third-order valence-corrected chi connectivity index (χ3v) is 11.8. The van der Waals surface area contributed by atoms with E-state index in [-0.39, 0.29) is 25.2 Å². The summed E-state index contributed by atoms with van der Waals surface area (Å²) in [5.74, 6) is -0.604. The molecule has 0 spiro atoms. The van der Waals surface area contributed by atoms with Crippen molar-refractivity contribution in [1.29, 1.82) is 0 Å². The highest BCUT2D eigenvalue weighted by molar-refractivity contribution is 5.70. The average Bonchev–Trinajstić information content (AvgIpc) is 3.32. The largest absolute Gasteiger partial charge is 0.462 e. The summed E-state index contributed by atoms with van der Waals surface area (Å²) in [6.07, 6.45) is 79.7. The fraction of sp³-hybridized carbons (Fsp3) is 0.705. The number of carbonyl (C=O) groups is 2. The Balaban J connectivity index is 3.44. The van der Waals surface area contributed by atoms with Crippen molar-refractivity contribution in [2.24, 2.45) is 0 Å². The third kappa shape index (κ3) is 53.4. The van der Waals surface area contributed by atoms with Gasteiger partial charge in [-0.3, -0.25) is 9.59 Å². The molecular formula is C61H104O5. The fourth-order valence-electron chi connectivity index (χ4n) is 7.72. The molecule has 0 heterocycles. The van der Waals surface area contributed by atoms with Crippen LogP contribution in [0.1, 0.15) is 258 Å². The molecule has 0 aromatic rings. The van der Waals surface area contributed by atoms with Crippen LogP contribution in [0.4, 0.5) is 0 Å². The Kier molecular flexibility index (Phi) is 53.4. The van der Waals surface area contributed by atoms with Gasteiger partial charge in [0.05, 0.1) is 6.61 Å². The van der Waals surface area contributed by atoms with Gasteiger partial charge in [0, 0.05) is 12.8 Å². The van der Waals surface area contributed by atoms with Crippen LogP contribution in [-0.2, 0) is 19.1 Å². The normalized spacial score (nSPS) is 13.0. The Morgan fingerprint density at radius 3 is 0.985 bits per heavy atom. The van der Waals surface area contributed by atoms with E-state index in [4.69, 9.17) is 9.47 Å². The van der Waals surface area contributed by atoms with Gasteiger partial charge in [0.15, 0.2) is 6.10 Å². The Morgan fingerprint density at radius 2 is 0.652 bits per heavy atom. The zero-order chi connectivity index (χ0) is 47.7. The van der Waals surface area contributed by atoms with Crippen LogP contribution < -0.4 is 0 Å². The van der Waals surface area contributed by atoms with Crippen LogP contribution >= 0.6 is 0 Å². The Labute approximate surface area is 408 Å².